The van der Waals surface area contributed by atoms with Crippen LogP contribution in [0, 0.1) is 11.8 Å². The number of amides is 1. The summed E-state index contributed by atoms with van der Waals surface area (Å²) in [7, 11) is 0. The van der Waals surface area contributed by atoms with Crippen molar-refractivity contribution in [2.24, 2.45) is 11.8 Å². The number of ether oxygens (including phenoxy) is 2. The molecule has 0 saturated carbocycles. The SMILES string of the molecule is CC1CCOC2C(C1)CN(C(=O)OC(C)(C)C)C2C(=O)O. The molecule has 2 saturated heterocycles. The highest BCUT2D eigenvalue weighted by Crippen LogP contribution is 2.35. The van der Waals surface area contributed by atoms with Crippen LogP contribution in [0.2, 0.25) is 0 Å². The predicted octanol–water partition coefficient (Wildman–Crippen LogP) is 2.12. The van der Waals surface area contributed by atoms with Crippen molar-refractivity contribution in [3.8, 4) is 0 Å². The number of carboxylic acid groups (broad SMARTS) is 1. The smallest absolute Gasteiger partial charge is 0.411 e. The van der Waals surface area contributed by atoms with E-state index in [0.717, 1.165) is 12.8 Å². The van der Waals surface area contributed by atoms with Crippen LogP contribution in [0.3, 0.4) is 0 Å². The maximum atomic E-state index is 12.3. The highest BCUT2D eigenvalue weighted by Gasteiger charge is 2.50. The minimum Gasteiger partial charge on any atom is -0.480 e. The first-order chi connectivity index (χ1) is 9.69. The van der Waals surface area contributed by atoms with Crippen LogP contribution >= 0.6 is 0 Å². The molecule has 0 radical (unpaired) electrons. The van der Waals surface area contributed by atoms with Crippen LogP contribution in [0.15, 0.2) is 0 Å². The normalized spacial score (nSPS) is 33.2. The molecule has 0 spiro atoms. The zero-order valence-electron chi connectivity index (χ0n) is 13.2. The summed E-state index contributed by atoms with van der Waals surface area (Å²) < 4.78 is 11.1. The van der Waals surface area contributed by atoms with Crippen LogP contribution in [0.1, 0.15) is 40.5 Å². The van der Waals surface area contributed by atoms with Crippen LogP contribution in [0.4, 0.5) is 4.79 Å². The first-order valence-corrected chi connectivity index (χ1v) is 7.53. The zero-order chi connectivity index (χ0) is 15.8. The van der Waals surface area contributed by atoms with Crippen molar-refractivity contribution >= 4 is 12.1 Å². The van der Waals surface area contributed by atoms with Crippen molar-refractivity contribution in [1.82, 2.24) is 4.90 Å². The van der Waals surface area contributed by atoms with E-state index in [0.29, 0.717) is 19.1 Å². The fourth-order valence-electron chi connectivity index (χ4n) is 3.16. The molecule has 0 bridgehead atoms. The van der Waals surface area contributed by atoms with Gasteiger partial charge in [-0.2, -0.15) is 0 Å². The van der Waals surface area contributed by atoms with E-state index in [2.05, 4.69) is 6.92 Å². The number of hydrogen-bond donors (Lipinski definition) is 1. The van der Waals surface area contributed by atoms with Crippen molar-refractivity contribution in [1.29, 1.82) is 0 Å². The highest BCUT2D eigenvalue weighted by atomic mass is 16.6. The molecule has 120 valence electrons. The number of rotatable bonds is 1. The van der Waals surface area contributed by atoms with E-state index in [1.54, 1.807) is 20.8 Å². The maximum absolute atomic E-state index is 12.3. The molecule has 1 N–H and O–H groups in total. The van der Waals surface area contributed by atoms with Gasteiger partial charge in [0.1, 0.15) is 5.60 Å². The molecule has 6 nitrogen and oxygen atoms in total. The maximum Gasteiger partial charge on any atom is 0.411 e. The fourth-order valence-corrected chi connectivity index (χ4v) is 3.16. The number of fused-ring (bicyclic) bond motifs is 1. The van der Waals surface area contributed by atoms with Crippen LogP contribution in [0.5, 0.6) is 0 Å². The van der Waals surface area contributed by atoms with Gasteiger partial charge in [0.25, 0.3) is 0 Å². The Labute approximate surface area is 125 Å². The third-order valence-electron chi connectivity index (χ3n) is 4.05. The van der Waals surface area contributed by atoms with Crippen molar-refractivity contribution in [3.63, 3.8) is 0 Å². The molecule has 0 aromatic heterocycles. The van der Waals surface area contributed by atoms with Gasteiger partial charge in [-0.1, -0.05) is 6.92 Å². The summed E-state index contributed by atoms with van der Waals surface area (Å²) in [5, 5.41) is 9.50. The summed E-state index contributed by atoms with van der Waals surface area (Å²) in [6, 6.07) is -0.949. The number of likely N-dealkylation sites (tertiary alicyclic amines) is 1. The third-order valence-corrected chi connectivity index (χ3v) is 4.05. The van der Waals surface area contributed by atoms with Crippen molar-refractivity contribution in [2.45, 2.75) is 58.3 Å². The number of aliphatic carboxylic acids is 1. The molecule has 2 heterocycles. The first-order valence-electron chi connectivity index (χ1n) is 7.53. The lowest BCUT2D eigenvalue weighted by Gasteiger charge is -2.28. The molecule has 0 aromatic rings. The summed E-state index contributed by atoms with van der Waals surface area (Å²) in [6.45, 7) is 8.39. The summed E-state index contributed by atoms with van der Waals surface area (Å²) in [5.74, 6) is -0.480. The van der Waals surface area contributed by atoms with Gasteiger partial charge in [-0.05, 0) is 39.5 Å². The van der Waals surface area contributed by atoms with E-state index >= 15 is 0 Å². The molecule has 2 aliphatic rings. The van der Waals surface area contributed by atoms with Gasteiger partial charge in [0.2, 0.25) is 0 Å². The minimum atomic E-state index is -1.03. The summed E-state index contributed by atoms with van der Waals surface area (Å²) in [5.41, 5.74) is -0.640. The van der Waals surface area contributed by atoms with Gasteiger partial charge in [0.15, 0.2) is 6.04 Å². The van der Waals surface area contributed by atoms with Crippen molar-refractivity contribution in [3.05, 3.63) is 0 Å². The largest absolute Gasteiger partial charge is 0.480 e. The first kappa shape index (κ1) is 16.1. The molecule has 6 heteroatoms. The second-order valence-electron chi connectivity index (χ2n) is 7.14. The van der Waals surface area contributed by atoms with Gasteiger partial charge in [0.05, 0.1) is 6.10 Å². The average molecular weight is 299 g/mol. The van der Waals surface area contributed by atoms with E-state index in [1.165, 1.54) is 4.90 Å². The van der Waals surface area contributed by atoms with Crippen molar-refractivity contribution in [2.75, 3.05) is 13.2 Å². The number of carboxylic acids is 1. The quantitative estimate of drug-likeness (QED) is 0.802. The van der Waals surface area contributed by atoms with Gasteiger partial charge in [-0.15, -0.1) is 0 Å². The monoisotopic (exact) mass is 299 g/mol. The second-order valence-corrected chi connectivity index (χ2v) is 7.14. The summed E-state index contributed by atoms with van der Waals surface area (Å²) in [4.78, 5) is 25.2. The van der Waals surface area contributed by atoms with Gasteiger partial charge < -0.3 is 14.6 Å². The molecule has 0 aromatic carbocycles. The molecular weight excluding hydrogens is 274 g/mol. The molecule has 1 amide bonds. The molecular formula is C15H25NO5. The van der Waals surface area contributed by atoms with E-state index in [9.17, 15) is 14.7 Å². The van der Waals surface area contributed by atoms with Gasteiger partial charge >= 0.3 is 12.1 Å². The lowest BCUT2D eigenvalue weighted by molar-refractivity contribution is -0.146. The Morgan fingerprint density at radius 1 is 1.33 bits per heavy atom. The molecule has 2 aliphatic heterocycles. The molecule has 4 atom stereocenters. The lowest BCUT2D eigenvalue weighted by atomic mass is 9.91. The Morgan fingerprint density at radius 3 is 2.57 bits per heavy atom. The molecule has 4 unspecified atom stereocenters. The topological polar surface area (TPSA) is 76.1 Å². The van der Waals surface area contributed by atoms with Crippen LogP contribution in [-0.2, 0) is 14.3 Å². The number of carbonyl (C=O) groups is 2. The number of nitrogens with zero attached hydrogens (tertiary/aromatic N) is 1. The van der Waals surface area contributed by atoms with Gasteiger partial charge in [0, 0.05) is 19.1 Å². The second kappa shape index (κ2) is 5.83. The molecule has 2 fully saturated rings. The van der Waals surface area contributed by atoms with E-state index in [4.69, 9.17) is 9.47 Å². The minimum absolute atomic E-state index is 0.0659. The van der Waals surface area contributed by atoms with E-state index in [-0.39, 0.29) is 5.92 Å². The lowest BCUT2D eigenvalue weighted by Crippen LogP contribution is -2.47. The Kier molecular flexibility index (Phi) is 4.46. The zero-order valence-corrected chi connectivity index (χ0v) is 13.2. The van der Waals surface area contributed by atoms with E-state index < -0.39 is 29.8 Å². The Morgan fingerprint density at radius 2 is 2.00 bits per heavy atom. The van der Waals surface area contributed by atoms with Crippen LogP contribution in [-0.4, -0.2) is 53.0 Å². The predicted molar refractivity (Wildman–Crippen MR) is 76.0 cm³/mol. The fraction of sp³-hybridized carbons (Fsp3) is 0.867. The Hall–Kier alpha value is -1.30. The molecule has 21 heavy (non-hydrogen) atoms. The number of hydrogen-bond acceptors (Lipinski definition) is 4. The van der Waals surface area contributed by atoms with Crippen molar-refractivity contribution < 1.29 is 24.2 Å². The van der Waals surface area contributed by atoms with Gasteiger partial charge in [-0.25, -0.2) is 9.59 Å². The Balaban J connectivity index is 2.18. The summed E-state index contributed by atoms with van der Waals surface area (Å²) >= 11 is 0. The van der Waals surface area contributed by atoms with Gasteiger partial charge in [-0.3, -0.25) is 4.90 Å². The Bertz CT molecular complexity index is 417. The summed E-state index contributed by atoms with van der Waals surface area (Å²) in [6.07, 6.45) is 0.818. The molecule has 0 aliphatic carbocycles. The standard InChI is InChI=1S/C15H25NO5/c1-9-5-6-20-12-10(7-9)8-16(11(12)13(17)18)14(19)21-15(2,3)4/h9-12H,5-8H2,1-4H3,(H,17,18). The van der Waals surface area contributed by atoms with E-state index in [1.807, 2.05) is 0 Å². The molecule has 2 rings (SSSR count). The van der Waals surface area contributed by atoms with Crippen LogP contribution < -0.4 is 0 Å². The highest BCUT2D eigenvalue weighted by molar-refractivity contribution is 5.81. The average Bonchev–Trinajstić information content (AvgIpc) is 2.56. The third kappa shape index (κ3) is 3.67. The number of carbonyl (C=O) groups excluding carboxylic acids is 1. The van der Waals surface area contributed by atoms with Crippen LogP contribution in [0.25, 0.3) is 0 Å².